The first-order chi connectivity index (χ1) is 15.0. The highest BCUT2D eigenvalue weighted by atomic mass is 32.2. The molecular weight excluding hydrogens is 406 g/mol. The van der Waals surface area contributed by atoms with E-state index >= 15 is 0 Å². The monoisotopic (exact) mass is 439 g/mol. The van der Waals surface area contributed by atoms with E-state index in [1.54, 1.807) is 12.1 Å². The standard InChI is InChI=1S/C26H33NO3S/c1-3-23-11-7-8-17-26(23)18-16-24(20-30-19-22-9-5-4-6-10-22)27(26)31(28,29)25-14-12-21(2)13-15-25/h3-6,9-10,12-15,23-24H,1,7-8,11,16-20H2,2H3/t23-,24+,26-/m1/s1. The van der Waals surface area contributed by atoms with Gasteiger partial charge in [0.05, 0.1) is 18.1 Å². The molecule has 1 saturated carbocycles. The van der Waals surface area contributed by atoms with Gasteiger partial charge >= 0.3 is 0 Å². The van der Waals surface area contributed by atoms with Crippen molar-refractivity contribution >= 4 is 10.0 Å². The molecule has 3 atom stereocenters. The predicted octanol–water partition coefficient (Wildman–Crippen LogP) is 5.48. The van der Waals surface area contributed by atoms with Crippen LogP contribution in [0.4, 0.5) is 0 Å². The van der Waals surface area contributed by atoms with Gasteiger partial charge in [0, 0.05) is 11.6 Å². The van der Waals surface area contributed by atoms with Crippen LogP contribution in [0.2, 0.25) is 0 Å². The van der Waals surface area contributed by atoms with Crippen molar-refractivity contribution in [3.05, 3.63) is 78.4 Å². The van der Waals surface area contributed by atoms with E-state index in [-0.39, 0.29) is 17.5 Å². The molecule has 166 valence electrons. The highest BCUT2D eigenvalue weighted by Gasteiger charge is 2.56. The van der Waals surface area contributed by atoms with Crippen molar-refractivity contribution in [1.82, 2.24) is 4.31 Å². The lowest BCUT2D eigenvalue weighted by Gasteiger charge is -2.47. The third kappa shape index (κ3) is 4.36. The predicted molar refractivity (Wildman–Crippen MR) is 124 cm³/mol. The number of ether oxygens (including phenoxy) is 1. The molecule has 4 nitrogen and oxygen atoms in total. The summed E-state index contributed by atoms with van der Waals surface area (Å²) in [4.78, 5) is 0.376. The number of aryl methyl sites for hydroxylation is 1. The zero-order valence-corrected chi connectivity index (χ0v) is 19.2. The van der Waals surface area contributed by atoms with Gasteiger partial charge in [-0.2, -0.15) is 4.31 Å². The van der Waals surface area contributed by atoms with E-state index in [4.69, 9.17) is 4.74 Å². The minimum atomic E-state index is -3.65. The summed E-state index contributed by atoms with van der Waals surface area (Å²) in [6.07, 6.45) is 7.77. The average molecular weight is 440 g/mol. The van der Waals surface area contributed by atoms with Crippen molar-refractivity contribution in [2.24, 2.45) is 5.92 Å². The molecule has 0 unspecified atom stereocenters. The van der Waals surface area contributed by atoms with Crippen LogP contribution < -0.4 is 0 Å². The molecule has 0 aromatic heterocycles. The van der Waals surface area contributed by atoms with E-state index < -0.39 is 10.0 Å². The number of hydrogen-bond donors (Lipinski definition) is 0. The maximum Gasteiger partial charge on any atom is 0.243 e. The number of sulfonamides is 1. The number of nitrogens with zero attached hydrogens (tertiary/aromatic N) is 1. The van der Waals surface area contributed by atoms with Gasteiger partial charge in [0.1, 0.15) is 0 Å². The van der Waals surface area contributed by atoms with Crippen LogP contribution in [0, 0.1) is 12.8 Å². The number of rotatable bonds is 7. The second kappa shape index (κ2) is 9.27. The van der Waals surface area contributed by atoms with Crippen LogP contribution in [0.25, 0.3) is 0 Å². The highest BCUT2D eigenvalue weighted by Crippen LogP contribution is 2.50. The Morgan fingerprint density at radius 1 is 1.06 bits per heavy atom. The smallest absolute Gasteiger partial charge is 0.243 e. The van der Waals surface area contributed by atoms with Crippen molar-refractivity contribution in [3.8, 4) is 0 Å². The third-order valence-corrected chi connectivity index (χ3v) is 9.08. The molecule has 1 spiro atoms. The molecule has 0 bridgehead atoms. The van der Waals surface area contributed by atoms with Crippen molar-refractivity contribution in [3.63, 3.8) is 0 Å². The molecule has 4 rings (SSSR count). The van der Waals surface area contributed by atoms with E-state index in [1.807, 2.05) is 59.8 Å². The van der Waals surface area contributed by atoms with Crippen molar-refractivity contribution in [1.29, 1.82) is 0 Å². The van der Waals surface area contributed by atoms with Gasteiger partial charge in [0.2, 0.25) is 10.0 Å². The Bertz CT molecular complexity index is 987. The summed E-state index contributed by atoms with van der Waals surface area (Å²) in [5.41, 5.74) is 1.77. The summed E-state index contributed by atoms with van der Waals surface area (Å²) in [5.74, 6) is 0.181. The van der Waals surface area contributed by atoms with Gasteiger partial charge in [-0.3, -0.25) is 0 Å². The quantitative estimate of drug-likeness (QED) is 0.537. The van der Waals surface area contributed by atoms with Gasteiger partial charge < -0.3 is 4.74 Å². The maximum atomic E-state index is 14.0. The Morgan fingerprint density at radius 2 is 1.81 bits per heavy atom. The van der Waals surface area contributed by atoms with Crippen molar-refractivity contribution < 1.29 is 13.2 Å². The molecule has 2 fully saturated rings. The van der Waals surface area contributed by atoms with Crippen LogP contribution in [-0.4, -0.2) is 30.9 Å². The summed E-state index contributed by atoms with van der Waals surface area (Å²) < 4.78 is 35.8. The Labute approximate surface area is 187 Å². The van der Waals surface area contributed by atoms with Gasteiger partial charge in [-0.1, -0.05) is 66.9 Å². The first-order valence-corrected chi connectivity index (χ1v) is 12.8. The highest BCUT2D eigenvalue weighted by molar-refractivity contribution is 7.89. The van der Waals surface area contributed by atoms with Crippen LogP contribution in [0.1, 0.15) is 49.7 Å². The Hall–Kier alpha value is -1.95. The van der Waals surface area contributed by atoms with Crippen molar-refractivity contribution in [2.45, 2.75) is 68.5 Å². The Morgan fingerprint density at radius 3 is 2.52 bits per heavy atom. The molecule has 2 aromatic rings. The molecular formula is C26H33NO3S. The molecule has 1 aliphatic carbocycles. The van der Waals surface area contributed by atoms with Gasteiger partial charge in [0.15, 0.2) is 0 Å². The summed E-state index contributed by atoms with van der Waals surface area (Å²) in [6, 6.07) is 17.1. The lowest BCUT2D eigenvalue weighted by Crippen LogP contribution is -2.56. The van der Waals surface area contributed by atoms with Gasteiger partial charge in [0.25, 0.3) is 0 Å². The first kappa shape index (κ1) is 22.3. The summed E-state index contributed by atoms with van der Waals surface area (Å²) >= 11 is 0. The van der Waals surface area contributed by atoms with Gasteiger partial charge in [-0.25, -0.2) is 8.42 Å². The maximum absolute atomic E-state index is 14.0. The van der Waals surface area contributed by atoms with E-state index in [9.17, 15) is 8.42 Å². The van der Waals surface area contributed by atoms with Crippen LogP contribution in [0.5, 0.6) is 0 Å². The molecule has 1 heterocycles. The minimum absolute atomic E-state index is 0.157. The molecule has 0 radical (unpaired) electrons. The van der Waals surface area contributed by atoms with Crippen LogP contribution in [0.3, 0.4) is 0 Å². The molecule has 0 amide bonds. The topological polar surface area (TPSA) is 46.6 Å². The zero-order chi connectivity index (χ0) is 21.9. The SMILES string of the molecule is C=C[C@@H]1CCCC[C@@]12CC[C@@H](COCc1ccccc1)N2S(=O)(=O)c1ccc(C)cc1. The minimum Gasteiger partial charge on any atom is -0.375 e. The molecule has 2 aromatic carbocycles. The Kier molecular flexibility index (Phi) is 6.65. The lowest BCUT2D eigenvalue weighted by atomic mass is 9.72. The molecule has 2 aliphatic rings. The zero-order valence-electron chi connectivity index (χ0n) is 18.4. The van der Waals surface area contributed by atoms with E-state index in [0.29, 0.717) is 18.1 Å². The molecule has 31 heavy (non-hydrogen) atoms. The summed E-state index contributed by atoms with van der Waals surface area (Å²) in [6.45, 7) is 6.96. The van der Waals surface area contributed by atoms with Gasteiger partial charge in [-0.05, 0) is 56.2 Å². The second-order valence-electron chi connectivity index (χ2n) is 9.00. The fourth-order valence-corrected chi connectivity index (χ4v) is 7.54. The van der Waals surface area contributed by atoms with E-state index in [2.05, 4.69) is 6.58 Å². The first-order valence-electron chi connectivity index (χ1n) is 11.3. The largest absolute Gasteiger partial charge is 0.375 e. The number of benzene rings is 2. The van der Waals surface area contributed by atoms with Crippen LogP contribution in [-0.2, 0) is 21.4 Å². The van der Waals surface area contributed by atoms with Crippen molar-refractivity contribution in [2.75, 3.05) is 6.61 Å². The molecule has 5 heteroatoms. The van der Waals surface area contributed by atoms with E-state index in [0.717, 1.165) is 49.7 Å². The fourth-order valence-electron chi connectivity index (χ4n) is 5.48. The molecule has 1 saturated heterocycles. The molecule has 0 N–H and O–H groups in total. The average Bonchev–Trinajstić information content (AvgIpc) is 3.14. The van der Waals surface area contributed by atoms with Crippen LogP contribution >= 0.6 is 0 Å². The second-order valence-corrected chi connectivity index (χ2v) is 10.8. The summed E-state index contributed by atoms with van der Waals surface area (Å²) in [5, 5.41) is 0. The third-order valence-electron chi connectivity index (χ3n) is 7.03. The molecule has 1 aliphatic heterocycles. The number of hydrogen-bond acceptors (Lipinski definition) is 3. The lowest BCUT2D eigenvalue weighted by molar-refractivity contribution is 0.0484. The van der Waals surface area contributed by atoms with E-state index in [1.165, 1.54) is 0 Å². The summed E-state index contributed by atoms with van der Waals surface area (Å²) in [7, 11) is -3.65. The van der Waals surface area contributed by atoms with Crippen LogP contribution in [0.15, 0.2) is 72.1 Å². The fraction of sp³-hybridized carbons (Fsp3) is 0.462. The Balaban J connectivity index is 1.64. The normalized spacial score (nSPS) is 26.9. The van der Waals surface area contributed by atoms with Gasteiger partial charge in [-0.15, -0.1) is 6.58 Å².